The van der Waals surface area contributed by atoms with Crippen molar-refractivity contribution in [2.75, 3.05) is 45.7 Å². The fraction of sp³-hybridized carbons (Fsp3) is 0.462. The molecule has 1 N–H and O–H groups in total. The lowest BCUT2D eigenvalue weighted by Crippen LogP contribution is -2.40. The van der Waals surface area contributed by atoms with Crippen LogP contribution >= 0.6 is 0 Å². The number of halogens is 1. The molecule has 2 aromatic carbocycles. The molecule has 1 atom stereocenters. The van der Waals surface area contributed by atoms with Crippen molar-refractivity contribution in [3.8, 4) is 11.5 Å². The lowest BCUT2D eigenvalue weighted by Gasteiger charge is -2.32. The van der Waals surface area contributed by atoms with Crippen LogP contribution in [0.25, 0.3) is 0 Å². The molecule has 0 saturated carbocycles. The van der Waals surface area contributed by atoms with Gasteiger partial charge < -0.3 is 19.7 Å². The highest BCUT2D eigenvalue weighted by Gasteiger charge is 2.29. The van der Waals surface area contributed by atoms with E-state index in [9.17, 15) is 14.0 Å². The fourth-order valence-electron chi connectivity index (χ4n) is 4.79. The number of carbonyl (C=O) groups excluding carboxylic acids is 2. The van der Waals surface area contributed by atoms with Crippen LogP contribution in [0.15, 0.2) is 36.4 Å². The number of nitrogens with zero attached hydrogens (tertiary/aromatic N) is 2. The van der Waals surface area contributed by atoms with E-state index in [0.29, 0.717) is 48.9 Å². The number of hydrogen-bond donors (Lipinski definition) is 1. The van der Waals surface area contributed by atoms with E-state index in [1.54, 1.807) is 23.1 Å². The molecule has 4 rings (SSSR count). The Labute approximate surface area is 199 Å². The zero-order valence-electron chi connectivity index (χ0n) is 19.8. The van der Waals surface area contributed by atoms with Crippen molar-refractivity contribution in [3.63, 3.8) is 0 Å². The SMILES string of the molecule is COc1cc(NC(=O)C2CCCN(Cc3cccc(F)c3)C2)c(C(=O)N2CCCC2)cc1OC. The number of likely N-dealkylation sites (tertiary alicyclic amines) is 2. The van der Waals surface area contributed by atoms with E-state index in [1.165, 1.54) is 26.4 Å². The van der Waals surface area contributed by atoms with E-state index in [1.807, 2.05) is 6.07 Å². The lowest BCUT2D eigenvalue weighted by molar-refractivity contribution is -0.121. The van der Waals surface area contributed by atoms with Crippen molar-refractivity contribution in [1.82, 2.24) is 9.80 Å². The first-order valence-electron chi connectivity index (χ1n) is 11.8. The average Bonchev–Trinajstić information content (AvgIpc) is 3.38. The van der Waals surface area contributed by atoms with Crippen molar-refractivity contribution in [1.29, 1.82) is 0 Å². The Balaban J connectivity index is 1.51. The van der Waals surface area contributed by atoms with E-state index in [4.69, 9.17) is 9.47 Å². The van der Waals surface area contributed by atoms with Gasteiger partial charge in [-0.25, -0.2) is 4.39 Å². The first-order valence-corrected chi connectivity index (χ1v) is 11.8. The van der Waals surface area contributed by atoms with Crippen LogP contribution in [0.1, 0.15) is 41.6 Å². The third-order valence-electron chi connectivity index (χ3n) is 6.58. The first-order chi connectivity index (χ1) is 16.5. The van der Waals surface area contributed by atoms with Crippen LogP contribution in [0.2, 0.25) is 0 Å². The van der Waals surface area contributed by atoms with Crippen molar-refractivity contribution >= 4 is 17.5 Å². The Hall–Kier alpha value is -3.13. The van der Waals surface area contributed by atoms with E-state index >= 15 is 0 Å². The summed E-state index contributed by atoms with van der Waals surface area (Å²) in [5, 5.41) is 3.00. The molecule has 2 saturated heterocycles. The number of methoxy groups -OCH3 is 2. The normalized spacial score (nSPS) is 18.6. The molecule has 0 radical (unpaired) electrons. The molecular formula is C26H32FN3O4. The summed E-state index contributed by atoms with van der Waals surface area (Å²) in [4.78, 5) is 30.5. The Morgan fingerprint density at radius 3 is 2.47 bits per heavy atom. The van der Waals surface area contributed by atoms with Crippen LogP contribution in [0.3, 0.4) is 0 Å². The minimum atomic E-state index is -0.257. The first kappa shape index (κ1) is 24.0. The Morgan fingerprint density at radius 2 is 1.76 bits per heavy atom. The number of ether oxygens (including phenoxy) is 2. The zero-order valence-corrected chi connectivity index (χ0v) is 19.8. The summed E-state index contributed by atoms with van der Waals surface area (Å²) in [7, 11) is 3.05. The van der Waals surface area contributed by atoms with Gasteiger partial charge in [-0.2, -0.15) is 0 Å². The lowest BCUT2D eigenvalue weighted by atomic mass is 9.96. The summed E-state index contributed by atoms with van der Waals surface area (Å²) in [6, 6.07) is 9.87. The minimum absolute atomic E-state index is 0.120. The Kier molecular flexibility index (Phi) is 7.67. The molecule has 2 aromatic rings. The highest BCUT2D eigenvalue weighted by Crippen LogP contribution is 2.35. The average molecular weight is 470 g/mol. The molecule has 2 aliphatic rings. The van der Waals surface area contributed by atoms with Gasteiger partial charge in [0.05, 0.1) is 31.4 Å². The second-order valence-corrected chi connectivity index (χ2v) is 8.95. The van der Waals surface area contributed by atoms with E-state index in [2.05, 4.69) is 10.2 Å². The van der Waals surface area contributed by atoms with E-state index in [-0.39, 0.29) is 23.5 Å². The summed E-state index contributed by atoms with van der Waals surface area (Å²) < 4.78 is 24.4. The van der Waals surface area contributed by atoms with Gasteiger partial charge in [-0.3, -0.25) is 14.5 Å². The summed E-state index contributed by atoms with van der Waals surface area (Å²) in [6.45, 7) is 3.44. The largest absolute Gasteiger partial charge is 0.493 e. The monoisotopic (exact) mass is 469 g/mol. The number of anilines is 1. The highest BCUT2D eigenvalue weighted by atomic mass is 19.1. The summed E-state index contributed by atoms with van der Waals surface area (Å²) in [6.07, 6.45) is 3.58. The van der Waals surface area contributed by atoms with Gasteiger partial charge in [0.25, 0.3) is 5.91 Å². The number of benzene rings is 2. The van der Waals surface area contributed by atoms with E-state index < -0.39 is 0 Å². The standard InChI is InChI=1S/C26H32FN3O4/c1-33-23-14-21(26(32)30-11-3-4-12-30)22(15-24(23)34-2)28-25(31)19-8-6-10-29(17-19)16-18-7-5-9-20(27)13-18/h5,7,9,13-15,19H,3-4,6,8,10-12,16-17H2,1-2H3,(H,28,31). The molecule has 0 spiro atoms. The van der Waals surface area contributed by atoms with Gasteiger partial charge in [-0.1, -0.05) is 12.1 Å². The summed E-state index contributed by atoms with van der Waals surface area (Å²) in [5.41, 5.74) is 1.72. The maximum Gasteiger partial charge on any atom is 0.256 e. The Bertz CT molecular complexity index is 1040. The van der Waals surface area contributed by atoms with Crippen LogP contribution < -0.4 is 14.8 Å². The summed E-state index contributed by atoms with van der Waals surface area (Å²) in [5.74, 6) is 0.156. The van der Waals surface area contributed by atoms with Gasteiger partial charge in [0.2, 0.25) is 5.91 Å². The quantitative estimate of drug-likeness (QED) is 0.665. The van der Waals surface area contributed by atoms with Crippen LogP contribution in [0.4, 0.5) is 10.1 Å². The molecule has 0 aromatic heterocycles. The molecule has 0 bridgehead atoms. The van der Waals surface area contributed by atoms with Crippen molar-refractivity contribution in [3.05, 3.63) is 53.3 Å². The fourth-order valence-corrected chi connectivity index (χ4v) is 4.79. The molecule has 2 amide bonds. The second kappa shape index (κ2) is 10.9. The molecule has 7 nitrogen and oxygen atoms in total. The van der Waals surface area contributed by atoms with Crippen molar-refractivity contribution in [2.45, 2.75) is 32.2 Å². The molecule has 182 valence electrons. The van der Waals surface area contributed by atoms with Gasteiger partial charge >= 0.3 is 0 Å². The van der Waals surface area contributed by atoms with Crippen LogP contribution in [0, 0.1) is 11.7 Å². The minimum Gasteiger partial charge on any atom is -0.493 e. The molecule has 34 heavy (non-hydrogen) atoms. The van der Waals surface area contributed by atoms with Gasteiger partial charge in [0, 0.05) is 32.2 Å². The number of amides is 2. The third kappa shape index (κ3) is 5.50. The predicted molar refractivity (Wildman–Crippen MR) is 128 cm³/mol. The summed E-state index contributed by atoms with van der Waals surface area (Å²) >= 11 is 0. The number of rotatable bonds is 7. The highest BCUT2D eigenvalue weighted by molar-refractivity contribution is 6.05. The zero-order chi connectivity index (χ0) is 24.1. The predicted octanol–water partition coefficient (Wildman–Crippen LogP) is 3.93. The van der Waals surface area contributed by atoms with Gasteiger partial charge in [-0.05, 0) is 56.0 Å². The van der Waals surface area contributed by atoms with Crippen LogP contribution in [-0.2, 0) is 11.3 Å². The number of hydrogen-bond acceptors (Lipinski definition) is 5. The maximum atomic E-state index is 13.6. The smallest absolute Gasteiger partial charge is 0.256 e. The molecular weight excluding hydrogens is 437 g/mol. The maximum absolute atomic E-state index is 13.6. The number of nitrogens with one attached hydrogen (secondary N) is 1. The third-order valence-corrected chi connectivity index (χ3v) is 6.58. The molecule has 2 aliphatic heterocycles. The van der Waals surface area contributed by atoms with Gasteiger partial charge in [-0.15, -0.1) is 0 Å². The van der Waals surface area contributed by atoms with Gasteiger partial charge in [0.1, 0.15) is 5.82 Å². The number of piperidine rings is 1. The van der Waals surface area contributed by atoms with Gasteiger partial charge in [0.15, 0.2) is 11.5 Å². The van der Waals surface area contributed by atoms with Crippen molar-refractivity contribution < 1.29 is 23.5 Å². The molecule has 2 heterocycles. The van der Waals surface area contributed by atoms with Crippen molar-refractivity contribution in [2.24, 2.45) is 5.92 Å². The topological polar surface area (TPSA) is 71.1 Å². The molecule has 2 fully saturated rings. The number of carbonyl (C=O) groups is 2. The molecule has 0 aliphatic carbocycles. The molecule has 1 unspecified atom stereocenters. The Morgan fingerprint density at radius 1 is 1.03 bits per heavy atom. The van der Waals surface area contributed by atoms with Crippen LogP contribution in [-0.4, -0.2) is 62.0 Å². The second-order valence-electron chi connectivity index (χ2n) is 8.95. The molecule has 8 heteroatoms. The van der Waals surface area contributed by atoms with E-state index in [0.717, 1.165) is 37.8 Å². The van der Waals surface area contributed by atoms with Crippen LogP contribution in [0.5, 0.6) is 11.5 Å².